The summed E-state index contributed by atoms with van der Waals surface area (Å²) in [6.07, 6.45) is 2.43. The first-order valence-electron chi connectivity index (χ1n) is 9.10. The molecule has 4 N–H and O–H groups in total. The lowest BCUT2D eigenvalue weighted by molar-refractivity contribution is -0.149. The lowest BCUT2D eigenvalue weighted by atomic mass is 9.82. The fraction of sp³-hybridized carbons (Fsp3) is 0.526. The molecule has 0 saturated heterocycles. The molecule has 2 rings (SSSR count). The third-order valence-electron chi connectivity index (χ3n) is 5.31. The molecule has 8 heteroatoms. The van der Waals surface area contributed by atoms with Crippen LogP contribution in [0.2, 0.25) is 0 Å². The van der Waals surface area contributed by atoms with Crippen LogP contribution in [0.1, 0.15) is 55.5 Å². The van der Waals surface area contributed by atoms with Crippen molar-refractivity contribution in [1.29, 1.82) is 0 Å². The molecule has 0 aliphatic heterocycles. The summed E-state index contributed by atoms with van der Waals surface area (Å²) >= 11 is 0. The maximum atomic E-state index is 14.3. The minimum atomic E-state index is -1.01. The van der Waals surface area contributed by atoms with E-state index in [1.807, 2.05) is 0 Å². The number of hydrogen-bond acceptors (Lipinski definition) is 3. The Kier molecular flexibility index (Phi) is 6.41. The lowest BCUT2D eigenvalue weighted by Crippen LogP contribution is -2.47. The van der Waals surface area contributed by atoms with Gasteiger partial charge in [-0.25, -0.2) is 9.18 Å². The van der Waals surface area contributed by atoms with Gasteiger partial charge in [-0.05, 0) is 37.8 Å². The summed E-state index contributed by atoms with van der Waals surface area (Å²) in [7, 11) is 0. The van der Waals surface area contributed by atoms with Crippen molar-refractivity contribution in [3.63, 3.8) is 0 Å². The Balaban J connectivity index is 2.10. The average Bonchev–Trinajstić information content (AvgIpc) is 3.46. The Bertz CT molecular complexity index is 730. The van der Waals surface area contributed by atoms with Crippen LogP contribution in [0.3, 0.4) is 0 Å². The SMILES string of the molecule is CCC(CC)(CNC(=O)N(Cc1ccc(C(N)=O)cc1F)C1CC1)C(=O)O. The zero-order chi connectivity index (χ0) is 20.2. The molecule has 148 valence electrons. The highest BCUT2D eigenvalue weighted by Gasteiger charge is 2.38. The van der Waals surface area contributed by atoms with Crippen LogP contribution in [-0.2, 0) is 11.3 Å². The summed E-state index contributed by atoms with van der Waals surface area (Å²) in [4.78, 5) is 36.9. The Morgan fingerprint density at radius 3 is 2.37 bits per heavy atom. The number of carboxylic acids is 1. The van der Waals surface area contributed by atoms with E-state index in [2.05, 4.69) is 5.32 Å². The molecule has 27 heavy (non-hydrogen) atoms. The molecule has 0 heterocycles. The average molecular weight is 379 g/mol. The van der Waals surface area contributed by atoms with Crippen molar-refractivity contribution in [2.75, 3.05) is 6.54 Å². The topological polar surface area (TPSA) is 113 Å². The third-order valence-corrected chi connectivity index (χ3v) is 5.31. The van der Waals surface area contributed by atoms with E-state index in [1.165, 1.54) is 17.0 Å². The van der Waals surface area contributed by atoms with E-state index in [1.54, 1.807) is 13.8 Å². The summed E-state index contributed by atoms with van der Waals surface area (Å²) in [6.45, 7) is 3.61. The summed E-state index contributed by atoms with van der Waals surface area (Å²) in [5.41, 5.74) is 4.47. The number of halogens is 1. The summed E-state index contributed by atoms with van der Waals surface area (Å²) in [5, 5.41) is 12.2. The van der Waals surface area contributed by atoms with Gasteiger partial charge in [-0.2, -0.15) is 0 Å². The number of urea groups is 1. The van der Waals surface area contributed by atoms with Crippen LogP contribution in [-0.4, -0.2) is 40.5 Å². The van der Waals surface area contributed by atoms with E-state index in [0.29, 0.717) is 12.8 Å². The van der Waals surface area contributed by atoms with Gasteiger partial charge in [0.05, 0.1) is 12.0 Å². The molecule has 1 aromatic rings. The van der Waals surface area contributed by atoms with Crippen molar-refractivity contribution >= 4 is 17.9 Å². The van der Waals surface area contributed by atoms with Gasteiger partial charge in [0, 0.05) is 23.7 Å². The fourth-order valence-corrected chi connectivity index (χ4v) is 2.99. The fourth-order valence-electron chi connectivity index (χ4n) is 2.99. The molecule has 0 spiro atoms. The molecule has 0 aromatic heterocycles. The standard InChI is InChI=1S/C19H26FN3O4/c1-3-19(4-2,17(25)26)11-22-18(27)23(14-7-8-14)10-13-6-5-12(16(21)24)9-15(13)20/h5-6,9,14H,3-4,7-8,10-11H2,1-2H3,(H2,21,24)(H,22,27)(H,25,26). The molecular weight excluding hydrogens is 353 g/mol. The number of rotatable bonds is 9. The molecule has 7 nitrogen and oxygen atoms in total. The first-order chi connectivity index (χ1) is 12.7. The van der Waals surface area contributed by atoms with Gasteiger partial charge in [0.1, 0.15) is 5.82 Å². The quantitative estimate of drug-likeness (QED) is 0.612. The predicted molar refractivity (Wildman–Crippen MR) is 97.5 cm³/mol. The number of primary amides is 1. The summed E-state index contributed by atoms with van der Waals surface area (Å²) in [6, 6.07) is 3.51. The van der Waals surface area contributed by atoms with E-state index in [9.17, 15) is 23.9 Å². The number of nitrogens with one attached hydrogen (secondary N) is 1. The second kappa shape index (κ2) is 8.37. The Morgan fingerprint density at radius 2 is 1.93 bits per heavy atom. The summed E-state index contributed by atoms with van der Waals surface area (Å²) in [5.74, 6) is -2.27. The number of benzene rings is 1. The molecule has 0 bridgehead atoms. The number of hydrogen-bond donors (Lipinski definition) is 3. The van der Waals surface area contributed by atoms with Crippen molar-refractivity contribution in [2.45, 2.75) is 52.1 Å². The normalized spacial score (nSPS) is 13.9. The molecule has 1 saturated carbocycles. The molecule has 1 fully saturated rings. The van der Waals surface area contributed by atoms with Crippen LogP contribution in [0.25, 0.3) is 0 Å². The van der Waals surface area contributed by atoms with Gasteiger partial charge >= 0.3 is 12.0 Å². The second-order valence-electron chi connectivity index (χ2n) is 6.98. The highest BCUT2D eigenvalue weighted by molar-refractivity contribution is 5.92. The van der Waals surface area contributed by atoms with Gasteiger partial charge in [0.15, 0.2) is 0 Å². The molecule has 1 aromatic carbocycles. The van der Waals surface area contributed by atoms with E-state index in [-0.39, 0.29) is 30.3 Å². The third kappa shape index (κ3) is 4.75. The van der Waals surface area contributed by atoms with Gasteiger partial charge < -0.3 is 21.1 Å². The summed E-state index contributed by atoms with van der Waals surface area (Å²) < 4.78 is 14.3. The van der Waals surface area contributed by atoms with Crippen molar-refractivity contribution in [1.82, 2.24) is 10.2 Å². The minimum Gasteiger partial charge on any atom is -0.481 e. The Hall–Kier alpha value is -2.64. The van der Waals surface area contributed by atoms with E-state index < -0.39 is 29.1 Å². The van der Waals surface area contributed by atoms with Crippen LogP contribution in [0.4, 0.5) is 9.18 Å². The van der Waals surface area contributed by atoms with Crippen LogP contribution in [0, 0.1) is 11.2 Å². The number of carbonyl (C=O) groups is 3. The van der Waals surface area contributed by atoms with Gasteiger partial charge in [0.2, 0.25) is 5.91 Å². The van der Waals surface area contributed by atoms with Gasteiger partial charge in [-0.3, -0.25) is 9.59 Å². The maximum Gasteiger partial charge on any atom is 0.317 e. The largest absolute Gasteiger partial charge is 0.481 e. The number of carboxylic acid groups (broad SMARTS) is 1. The molecule has 0 atom stereocenters. The lowest BCUT2D eigenvalue weighted by Gasteiger charge is -2.29. The molecule has 0 radical (unpaired) electrons. The minimum absolute atomic E-state index is 0.00250. The van der Waals surface area contributed by atoms with Crippen molar-refractivity contribution in [2.24, 2.45) is 11.1 Å². The van der Waals surface area contributed by atoms with Gasteiger partial charge in [-0.15, -0.1) is 0 Å². The van der Waals surface area contributed by atoms with Crippen LogP contribution < -0.4 is 11.1 Å². The number of nitrogens with zero attached hydrogens (tertiary/aromatic N) is 1. The first kappa shape index (κ1) is 20.7. The van der Waals surface area contributed by atoms with Crippen molar-refractivity contribution in [3.05, 3.63) is 35.1 Å². The van der Waals surface area contributed by atoms with Crippen LogP contribution in [0.5, 0.6) is 0 Å². The van der Waals surface area contributed by atoms with Gasteiger partial charge in [0.25, 0.3) is 0 Å². The zero-order valence-electron chi connectivity index (χ0n) is 15.6. The monoisotopic (exact) mass is 379 g/mol. The predicted octanol–water partition coefficient (Wildman–Crippen LogP) is 2.49. The molecular formula is C19H26FN3O4. The molecule has 1 aliphatic rings. The smallest absolute Gasteiger partial charge is 0.317 e. The van der Waals surface area contributed by atoms with Crippen LogP contribution >= 0.6 is 0 Å². The maximum absolute atomic E-state index is 14.3. The highest BCUT2D eigenvalue weighted by atomic mass is 19.1. The van der Waals surface area contributed by atoms with E-state index >= 15 is 0 Å². The Labute approximate surface area is 157 Å². The number of nitrogens with two attached hydrogens (primary N) is 1. The highest BCUT2D eigenvalue weighted by Crippen LogP contribution is 2.30. The molecule has 1 aliphatic carbocycles. The Morgan fingerprint density at radius 1 is 1.30 bits per heavy atom. The van der Waals surface area contributed by atoms with Crippen LogP contribution in [0.15, 0.2) is 18.2 Å². The molecule has 0 unspecified atom stereocenters. The van der Waals surface area contributed by atoms with Crippen molar-refractivity contribution in [3.8, 4) is 0 Å². The van der Waals surface area contributed by atoms with Crippen molar-refractivity contribution < 1.29 is 23.9 Å². The first-order valence-corrected chi connectivity index (χ1v) is 9.10. The van der Waals surface area contributed by atoms with E-state index in [4.69, 9.17) is 5.73 Å². The number of carbonyl (C=O) groups excluding carboxylic acids is 2. The van der Waals surface area contributed by atoms with E-state index in [0.717, 1.165) is 18.9 Å². The second-order valence-corrected chi connectivity index (χ2v) is 6.98. The molecule has 3 amide bonds. The zero-order valence-corrected chi connectivity index (χ0v) is 15.6. The number of aliphatic carboxylic acids is 1. The van der Waals surface area contributed by atoms with Gasteiger partial charge in [-0.1, -0.05) is 19.9 Å². The number of amides is 3.